The maximum Gasteiger partial charge on any atom is 0.254 e. The molecule has 1 aromatic carbocycles. The average Bonchev–Trinajstić information content (AvgIpc) is 2.41. The molecule has 2 N–H and O–H groups in total. The summed E-state index contributed by atoms with van der Waals surface area (Å²) in [6.45, 7) is 1.11. The molecular weight excluding hydrogens is 303 g/mol. The smallest absolute Gasteiger partial charge is 0.254 e. The number of amides is 1. The highest BCUT2D eigenvalue weighted by atomic mass is 35.5. The normalized spacial score (nSPS) is 10.3. The van der Waals surface area contributed by atoms with Gasteiger partial charge < -0.3 is 15.4 Å². The first-order valence-electron chi connectivity index (χ1n) is 5.97. The van der Waals surface area contributed by atoms with E-state index in [9.17, 15) is 9.18 Å². The number of rotatable bonds is 7. The molecule has 0 aliphatic rings. The Morgan fingerprint density at radius 1 is 1.50 bits per heavy atom. The van der Waals surface area contributed by atoms with Crippen molar-refractivity contribution in [2.75, 3.05) is 26.8 Å². The second-order valence-corrected chi connectivity index (χ2v) is 5.06. The summed E-state index contributed by atoms with van der Waals surface area (Å²) in [4.78, 5) is 14.1. The highest BCUT2D eigenvalue weighted by molar-refractivity contribution is 7.80. The number of thiocarbonyl (C=S) groups is 1. The largest absolute Gasteiger partial charge is 0.393 e. The number of ether oxygens (including phenoxy) is 1. The highest BCUT2D eigenvalue weighted by Crippen LogP contribution is 2.17. The first-order chi connectivity index (χ1) is 9.45. The van der Waals surface area contributed by atoms with Crippen LogP contribution in [0.15, 0.2) is 18.2 Å². The van der Waals surface area contributed by atoms with Gasteiger partial charge in [0.2, 0.25) is 0 Å². The molecule has 0 aromatic heterocycles. The molecule has 0 radical (unpaired) electrons. The lowest BCUT2D eigenvalue weighted by atomic mass is 10.2. The standard InChI is InChI=1S/C13H16ClFN2O2S/c1-19-7-6-17(5-4-12(16)20)13(18)9-2-3-10(14)11(15)8-9/h2-3,8H,4-7H2,1H3,(H2,16,20). The van der Waals surface area contributed by atoms with Crippen LogP contribution in [0.4, 0.5) is 4.39 Å². The first kappa shape index (κ1) is 16.8. The van der Waals surface area contributed by atoms with Crippen LogP contribution in [-0.2, 0) is 4.74 Å². The van der Waals surface area contributed by atoms with Gasteiger partial charge in [0.1, 0.15) is 5.82 Å². The third-order valence-electron chi connectivity index (χ3n) is 2.65. The molecule has 0 saturated carbocycles. The minimum absolute atomic E-state index is 0.0203. The van der Waals surface area contributed by atoms with Crippen molar-refractivity contribution in [1.29, 1.82) is 0 Å². The van der Waals surface area contributed by atoms with Crippen molar-refractivity contribution in [1.82, 2.24) is 4.90 Å². The first-order valence-corrected chi connectivity index (χ1v) is 6.76. The van der Waals surface area contributed by atoms with Gasteiger partial charge in [0, 0.05) is 32.2 Å². The molecule has 0 spiro atoms. The number of nitrogens with two attached hydrogens (primary N) is 1. The molecule has 0 heterocycles. The topological polar surface area (TPSA) is 55.6 Å². The van der Waals surface area contributed by atoms with Crippen LogP contribution in [0.5, 0.6) is 0 Å². The molecule has 1 aromatic rings. The van der Waals surface area contributed by atoms with E-state index in [-0.39, 0.29) is 16.5 Å². The van der Waals surface area contributed by atoms with Crippen molar-refractivity contribution in [3.63, 3.8) is 0 Å². The van der Waals surface area contributed by atoms with E-state index in [1.165, 1.54) is 24.1 Å². The fourth-order valence-corrected chi connectivity index (χ4v) is 1.78. The monoisotopic (exact) mass is 318 g/mol. The summed E-state index contributed by atoms with van der Waals surface area (Å²) in [5, 5.41) is -0.0203. The lowest BCUT2D eigenvalue weighted by Crippen LogP contribution is -2.36. The predicted molar refractivity (Wildman–Crippen MR) is 80.6 cm³/mol. The Bertz CT molecular complexity index is 499. The van der Waals surface area contributed by atoms with Crippen LogP contribution in [0.25, 0.3) is 0 Å². The third-order valence-corrected chi connectivity index (χ3v) is 3.16. The molecule has 1 rings (SSSR count). The van der Waals surface area contributed by atoms with Gasteiger partial charge in [-0.3, -0.25) is 4.79 Å². The van der Waals surface area contributed by atoms with Gasteiger partial charge in [-0.15, -0.1) is 0 Å². The number of methoxy groups -OCH3 is 1. The molecule has 0 bridgehead atoms. The van der Waals surface area contributed by atoms with Crippen molar-refractivity contribution in [2.45, 2.75) is 6.42 Å². The number of carbonyl (C=O) groups is 1. The zero-order valence-corrected chi connectivity index (χ0v) is 12.6. The van der Waals surface area contributed by atoms with Crippen LogP contribution in [0.3, 0.4) is 0 Å². The van der Waals surface area contributed by atoms with E-state index in [1.807, 2.05) is 0 Å². The summed E-state index contributed by atoms with van der Waals surface area (Å²) < 4.78 is 18.4. The molecule has 0 atom stereocenters. The molecular formula is C13H16ClFN2O2S. The lowest BCUT2D eigenvalue weighted by molar-refractivity contribution is 0.0701. The van der Waals surface area contributed by atoms with Gasteiger partial charge in [-0.25, -0.2) is 4.39 Å². The van der Waals surface area contributed by atoms with Crippen LogP contribution in [0.1, 0.15) is 16.8 Å². The van der Waals surface area contributed by atoms with E-state index in [4.69, 9.17) is 34.3 Å². The van der Waals surface area contributed by atoms with Crippen molar-refractivity contribution in [3.05, 3.63) is 34.6 Å². The number of hydrogen-bond acceptors (Lipinski definition) is 3. The molecule has 1 amide bonds. The van der Waals surface area contributed by atoms with Gasteiger partial charge in [-0.1, -0.05) is 23.8 Å². The second kappa shape index (κ2) is 8.14. The Labute approximate surface area is 127 Å². The summed E-state index contributed by atoms with van der Waals surface area (Å²) in [7, 11) is 1.54. The molecule has 4 nitrogen and oxygen atoms in total. The minimum atomic E-state index is -0.626. The molecule has 0 aliphatic heterocycles. The van der Waals surface area contributed by atoms with Crippen LogP contribution in [0.2, 0.25) is 5.02 Å². The minimum Gasteiger partial charge on any atom is -0.393 e. The van der Waals surface area contributed by atoms with Crippen molar-refractivity contribution in [3.8, 4) is 0 Å². The number of halogens is 2. The zero-order chi connectivity index (χ0) is 15.1. The van der Waals surface area contributed by atoms with Gasteiger partial charge in [0.15, 0.2) is 0 Å². The maximum atomic E-state index is 13.4. The van der Waals surface area contributed by atoms with Crippen molar-refractivity contribution in [2.24, 2.45) is 5.73 Å². The molecule has 0 unspecified atom stereocenters. The Hall–Kier alpha value is -1.24. The molecule has 110 valence electrons. The third kappa shape index (κ3) is 5.03. The summed E-state index contributed by atoms with van der Waals surface area (Å²) in [6.07, 6.45) is 0.404. The van der Waals surface area contributed by atoms with Gasteiger partial charge in [0.25, 0.3) is 5.91 Å². The van der Waals surface area contributed by atoms with E-state index in [0.29, 0.717) is 31.1 Å². The Balaban J connectivity index is 2.84. The van der Waals surface area contributed by atoms with E-state index in [2.05, 4.69) is 0 Å². The van der Waals surface area contributed by atoms with Gasteiger partial charge >= 0.3 is 0 Å². The molecule has 7 heteroatoms. The predicted octanol–water partition coefficient (Wildman–Crippen LogP) is 2.24. The van der Waals surface area contributed by atoms with Crippen LogP contribution in [0, 0.1) is 5.82 Å². The molecule has 0 saturated heterocycles. The van der Waals surface area contributed by atoms with Crippen LogP contribution < -0.4 is 5.73 Å². The van der Waals surface area contributed by atoms with E-state index >= 15 is 0 Å². The van der Waals surface area contributed by atoms with E-state index < -0.39 is 5.82 Å². The van der Waals surface area contributed by atoms with Crippen LogP contribution in [-0.4, -0.2) is 42.6 Å². The Kier molecular flexibility index (Phi) is 6.84. The number of carbonyl (C=O) groups excluding carboxylic acids is 1. The number of benzene rings is 1. The average molecular weight is 319 g/mol. The zero-order valence-electron chi connectivity index (χ0n) is 11.1. The SMILES string of the molecule is COCCN(CCC(N)=S)C(=O)c1ccc(Cl)c(F)c1. The number of nitrogens with zero attached hydrogens (tertiary/aromatic N) is 1. The number of hydrogen-bond donors (Lipinski definition) is 1. The van der Waals surface area contributed by atoms with Gasteiger partial charge in [0.05, 0.1) is 16.6 Å². The van der Waals surface area contributed by atoms with E-state index in [0.717, 1.165) is 6.07 Å². The summed E-state index contributed by atoms with van der Waals surface area (Å²) in [6, 6.07) is 3.95. The van der Waals surface area contributed by atoms with E-state index in [1.54, 1.807) is 0 Å². The van der Waals surface area contributed by atoms with Gasteiger partial charge in [-0.05, 0) is 18.2 Å². The molecule has 0 fully saturated rings. The fourth-order valence-electron chi connectivity index (χ4n) is 1.57. The lowest BCUT2D eigenvalue weighted by Gasteiger charge is -2.22. The molecule has 0 aliphatic carbocycles. The summed E-state index contributed by atoms with van der Waals surface area (Å²) in [5.41, 5.74) is 5.66. The Morgan fingerprint density at radius 2 is 2.20 bits per heavy atom. The fraction of sp³-hybridized carbons (Fsp3) is 0.385. The molecule has 20 heavy (non-hydrogen) atoms. The van der Waals surface area contributed by atoms with Gasteiger partial charge in [-0.2, -0.15) is 0 Å². The maximum absolute atomic E-state index is 13.4. The van der Waals surface area contributed by atoms with Crippen molar-refractivity contribution >= 4 is 34.7 Å². The quantitative estimate of drug-likeness (QED) is 0.783. The summed E-state index contributed by atoms with van der Waals surface area (Å²) in [5.74, 6) is -0.938. The Morgan fingerprint density at radius 3 is 2.75 bits per heavy atom. The second-order valence-electron chi connectivity index (χ2n) is 4.13. The summed E-state index contributed by atoms with van der Waals surface area (Å²) >= 11 is 10.4. The highest BCUT2D eigenvalue weighted by Gasteiger charge is 2.17. The van der Waals surface area contributed by atoms with Crippen molar-refractivity contribution < 1.29 is 13.9 Å². The van der Waals surface area contributed by atoms with Crippen LogP contribution >= 0.6 is 23.8 Å².